The van der Waals surface area contributed by atoms with Crippen molar-refractivity contribution in [2.24, 2.45) is 14.1 Å². The van der Waals surface area contributed by atoms with Crippen molar-refractivity contribution in [3.05, 3.63) is 101 Å². The predicted octanol–water partition coefficient (Wildman–Crippen LogP) is 2.87. The summed E-state index contributed by atoms with van der Waals surface area (Å²) in [5.41, 5.74) is 1.69. The highest BCUT2D eigenvalue weighted by atomic mass is 32.2. The smallest absolute Gasteiger partial charge is 0.272 e. The van der Waals surface area contributed by atoms with Gasteiger partial charge in [-0.05, 0) is 57.4 Å². The van der Waals surface area contributed by atoms with Crippen LogP contribution in [0.2, 0.25) is 0 Å². The Morgan fingerprint density at radius 3 is 2.00 bits per heavy atom. The van der Waals surface area contributed by atoms with Crippen LogP contribution >= 0.6 is 0 Å². The van der Waals surface area contributed by atoms with Gasteiger partial charge in [-0.2, -0.15) is 0 Å². The van der Waals surface area contributed by atoms with Gasteiger partial charge in [-0.3, -0.25) is 23.9 Å². The molecule has 1 aliphatic rings. The Balaban J connectivity index is 1.28. The summed E-state index contributed by atoms with van der Waals surface area (Å²) >= 11 is 0. The highest BCUT2D eigenvalue weighted by Gasteiger charge is 2.31. The van der Waals surface area contributed by atoms with Crippen molar-refractivity contribution in [2.45, 2.75) is 11.3 Å². The fourth-order valence-electron chi connectivity index (χ4n) is 5.05. The van der Waals surface area contributed by atoms with E-state index < -0.39 is 21.7 Å². The van der Waals surface area contributed by atoms with E-state index in [1.54, 1.807) is 49.1 Å². The minimum atomic E-state index is -4.19. The zero-order valence-corrected chi connectivity index (χ0v) is 25.5. The molecule has 0 unspecified atom stereocenters. The average Bonchev–Trinajstić information content (AvgIpc) is 3.53. The molecular weight excluding hydrogens is 584 g/mol. The monoisotopic (exact) mass is 616 g/mol. The van der Waals surface area contributed by atoms with Crippen LogP contribution in [0.25, 0.3) is 0 Å². The molecule has 0 fully saturated rings. The van der Waals surface area contributed by atoms with E-state index in [0.717, 1.165) is 13.0 Å². The number of benzene rings is 2. The summed E-state index contributed by atoms with van der Waals surface area (Å²) < 4.78 is 32.1. The molecule has 0 bridgehead atoms. The van der Waals surface area contributed by atoms with Gasteiger partial charge in [-0.1, -0.05) is 24.3 Å². The lowest BCUT2D eigenvalue weighted by atomic mass is 9.84. The lowest BCUT2D eigenvalue weighted by Gasteiger charge is -2.18. The average molecular weight is 617 g/mol. The Bertz CT molecular complexity index is 1920. The molecule has 2 aromatic carbocycles. The van der Waals surface area contributed by atoms with Crippen molar-refractivity contribution < 1.29 is 27.6 Å². The quantitative estimate of drug-likeness (QED) is 0.204. The minimum absolute atomic E-state index is 0.00850. The fraction of sp³-hybridized carbons (Fsp3) is 0.226. The standard InChI is InChI=1S/C31H32N6O6S/c1-35(2)13-7-12-32-30(40)26-14-19(17-36(26)3)33-31(41)27-15-20(18-37(27)4)34-44(42,43)21-10-11-24-25(16-21)29(39)23-9-6-5-8-22(23)28(24)38/h5-6,8-11,14-18,34H,7,12-13H2,1-4H3,(H,32,40)(H,33,41). The van der Waals surface area contributed by atoms with E-state index in [-0.39, 0.29) is 50.2 Å². The highest BCUT2D eigenvalue weighted by Crippen LogP contribution is 2.30. The Morgan fingerprint density at radius 1 is 0.773 bits per heavy atom. The van der Waals surface area contributed by atoms with Crippen LogP contribution in [0.1, 0.15) is 59.2 Å². The molecule has 0 spiro atoms. The Labute approximate surface area is 254 Å². The lowest BCUT2D eigenvalue weighted by Crippen LogP contribution is -2.28. The summed E-state index contributed by atoms with van der Waals surface area (Å²) in [6.07, 6.45) is 3.85. The first-order chi connectivity index (χ1) is 20.9. The third-order valence-corrected chi connectivity index (χ3v) is 8.64. The number of nitrogens with one attached hydrogen (secondary N) is 3. The zero-order chi connectivity index (χ0) is 31.8. The number of anilines is 2. The third kappa shape index (κ3) is 6.05. The zero-order valence-electron chi connectivity index (χ0n) is 24.7. The van der Waals surface area contributed by atoms with Gasteiger partial charge in [-0.15, -0.1) is 0 Å². The maximum absolute atomic E-state index is 13.3. The fourth-order valence-corrected chi connectivity index (χ4v) is 6.11. The molecule has 2 heterocycles. The molecule has 0 radical (unpaired) electrons. The molecule has 0 saturated carbocycles. The van der Waals surface area contributed by atoms with Crippen LogP contribution < -0.4 is 15.4 Å². The molecule has 44 heavy (non-hydrogen) atoms. The SMILES string of the molecule is CN(C)CCCNC(=O)c1cc(NC(=O)c2cc(NS(=O)(=O)c3ccc4c(c3)C(=O)c3ccccc3C4=O)cn2C)cn1C. The van der Waals surface area contributed by atoms with Gasteiger partial charge in [0.2, 0.25) is 0 Å². The van der Waals surface area contributed by atoms with Crippen molar-refractivity contribution in [1.82, 2.24) is 19.4 Å². The summed E-state index contributed by atoms with van der Waals surface area (Å²) in [6.45, 7) is 1.35. The highest BCUT2D eigenvalue weighted by molar-refractivity contribution is 7.92. The van der Waals surface area contributed by atoms with Gasteiger partial charge < -0.3 is 24.7 Å². The van der Waals surface area contributed by atoms with Crippen molar-refractivity contribution in [1.29, 1.82) is 0 Å². The largest absolute Gasteiger partial charge is 0.351 e. The maximum atomic E-state index is 13.3. The molecular formula is C31H32N6O6S. The minimum Gasteiger partial charge on any atom is -0.351 e. The van der Waals surface area contributed by atoms with E-state index in [1.165, 1.54) is 41.1 Å². The predicted molar refractivity (Wildman–Crippen MR) is 165 cm³/mol. The molecule has 228 valence electrons. The van der Waals surface area contributed by atoms with Crippen LogP contribution in [0.5, 0.6) is 0 Å². The van der Waals surface area contributed by atoms with Crippen molar-refractivity contribution in [3.8, 4) is 0 Å². The number of rotatable bonds is 10. The Kier molecular flexibility index (Phi) is 8.26. The molecule has 5 rings (SSSR count). The number of fused-ring (bicyclic) bond motifs is 2. The number of aryl methyl sites for hydroxylation is 2. The molecule has 0 atom stereocenters. The lowest BCUT2D eigenvalue weighted by molar-refractivity contribution is 0.0942. The van der Waals surface area contributed by atoms with E-state index in [4.69, 9.17) is 0 Å². The van der Waals surface area contributed by atoms with Gasteiger partial charge in [0.15, 0.2) is 11.6 Å². The van der Waals surface area contributed by atoms with Gasteiger partial charge in [0.25, 0.3) is 21.8 Å². The molecule has 2 amide bonds. The topological polar surface area (TPSA) is 152 Å². The first-order valence-corrected chi connectivity index (χ1v) is 15.3. The normalized spacial score (nSPS) is 12.6. The summed E-state index contributed by atoms with van der Waals surface area (Å²) in [5.74, 6) is -1.56. The molecule has 1 aliphatic carbocycles. The van der Waals surface area contributed by atoms with Crippen molar-refractivity contribution in [2.75, 3.05) is 37.2 Å². The van der Waals surface area contributed by atoms with E-state index in [2.05, 4.69) is 15.4 Å². The molecule has 13 heteroatoms. The Morgan fingerprint density at radius 2 is 1.34 bits per heavy atom. The van der Waals surface area contributed by atoms with E-state index >= 15 is 0 Å². The number of hydrogen-bond donors (Lipinski definition) is 3. The molecule has 3 N–H and O–H groups in total. The van der Waals surface area contributed by atoms with Gasteiger partial charge in [-0.25, -0.2) is 8.42 Å². The van der Waals surface area contributed by atoms with Crippen molar-refractivity contribution >= 4 is 44.8 Å². The van der Waals surface area contributed by atoms with Crippen LogP contribution in [0.15, 0.2) is 71.9 Å². The molecule has 2 aromatic heterocycles. The summed E-state index contributed by atoms with van der Waals surface area (Å²) in [6, 6.07) is 13.1. The van der Waals surface area contributed by atoms with Gasteiger partial charge in [0.05, 0.1) is 16.3 Å². The second-order valence-corrected chi connectivity index (χ2v) is 12.5. The maximum Gasteiger partial charge on any atom is 0.272 e. The number of carbonyl (C=O) groups excluding carboxylic acids is 4. The molecule has 4 aromatic rings. The number of ketones is 2. The van der Waals surface area contributed by atoms with Gasteiger partial charge in [0, 0.05) is 55.3 Å². The van der Waals surface area contributed by atoms with E-state index in [0.29, 0.717) is 17.9 Å². The third-order valence-electron chi connectivity index (χ3n) is 7.26. The van der Waals surface area contributed by atoms with E-state index in [1.807, 2.05) is 19.0 Å². The summed E-state index contributed by atoms with van der Waals surface area (Å²) in [5, 5.41) is 5.61. The summed E-state index contributed by atoms with van der Waals surface area (Å²) in [7, 11) is 3.01. The molecule has 0 saturated heterocycles. The number of sulfonamides is 1. The summed E-state index contributed by atoms with van der Waals surface area (Å²) in [4.78, 5) is 53.5. The number of hydrogen-bond acceptors (Lipinski definition) is 7. The molecule has 0 aliphatic heterocycles. The van der Waals surface area contributed by atoms with E-state index in [9.17, 15) is 27.6 Å². The second-order valence-electron chi connectivity index (χ2n) is 10.8. The van der Waals surface area contributed by atoms with Crippen LogP contribution in [0, 0.1) is 0 Å². The van der Waals surface area contributed by atoms with Gasteiger partial charge in [0.1, 0.15) is 11.4 Å². The molecule has 12 nitrogen and oxygen atoms in total. The van der Waals surface area contributed by atoms with Crippen LogP contribution in [0.3, 0.4) is 0 Å². The number of amides is 2. The first-order valence-electron chi connectivity index (χ1n) is 13.8. The van der Waals surface area contributed by atoms with Crippen LogP contribution in [-0.2, 0) is 24.1 Å². The van der Waals surface area contributed by atoms with Crippen molar-refractivity contribution in [3.63, 3.8) is 0 Å². The van der Waals surface area contributed by atoms with Crippen LogP contribution in [-0.4, -0.2) is 73.0 Å². The number of nitrogens with zero attached hydrogens (tertiary/aromatic N) is 3. The number of aromatic nitrogens is 2. The first kappa shape index (κ1) is 30.4. The van der Waals surface area contributed by atoms with Gasteiger partial charge >= 0.3 is 0 Å². The Hall–Kier alpha value is -5.01. The number of carbonyl (C=O) groups is 4. The van der Waals surface area contributed by atoms with Crippen LogP contribution in [0.4, 0.5) is 11.4 Å². The second kappa shape index (κ2) is 11.9.